The molecule has 0 aliphatic heterocycles. The second-order valence-corrected chi connectivity index (χ2v) is 26.8. The molecule has 3 nitrogen and oxygen atoms in total. The van der Waals surface area contributed by atoms with E-state index in [0.29, 0.717) is 10.3 Å². The van der Waals surface area contributed by atoms with Gasteiger partial charge in [0.25, 0.3) is 0 Å². The van der Waals surface area contributed by atoms with Gasteiger partial charge in [-0.1, -0.05) is 73.7 Å². The molecule has 0 heterocycles. The maximum Gasteiger partial charge on any atom is 0.126 e. The third-order valence-electron chi connectivity index (χ3n) is 14.5. The fraction of sp³-hybridized carbons (Fsp3) is 0.739. The number of rotatable bonds is 8. The Bertz CT molecular complexity index is 1520. The Morgan fingerprint density at radius 1 is 0.686 bits per heavy atom. The van der Waals surface area contributed by atoms with Crippen molar-refractivity contribution in [1.29, 1.82) is 0 Å². The number of hydrogen-bond donors (Lipinski definition) is 1. The Balaban J connectivity index is 1.35. The molecule has 8 aliphatic rings. The molecule has 2 atom stereocenters. The Morgan fingerprint density at radius 2 is 1.08 bits per heavy atom. The number of nitrogens with one attached hydrogen (secondary N) is 1. The molecule has 0 amide bonds. The van der Waals surface area contributed by atoms with Crippen molar-refractivity contribution in [2.45, 2.75) is 171 Å². The van der Waals surface area contributed by atoms with Crippen LogP contribution in [0.2, 0.25) is 0 Å². The van der Waals surface area contributed by atoms with Crippen LogP contribution in [0, 0.1) is 35.5 Å². The fourth-order valence-corrected chi connectivity index (χ4v) is 19.6. The summed E-state index contributed by atoms with van der Waals surface area (Å²) in [5.74, 6) is 6.65. The molecule has 1 N–H and O–H groups in total. The Hall–Kier alpha value is -1.22. The topological polar surface area (TPSA) is 38.3 Å². The van der Waals surface area contributed by atoms with Crippen molar-refractivity contribution < 1.29 is 8.95 Å². The SMILES string of the molecule is COc1c(C(C)(C)C)cc([C@@H](N[S@](=O)C(C)(C)C)c2ccccc2P(C23CC4CC(CC(C4)C2)C3)C23CC4CC(CC(C4)C2)C3)cc1C(C)(C)C. The fourth-order valence-electron chi connectivity index (χ4n) is 13.4. The van der Waals surface area contributed by atoms with Crippen molar-refractivity contribution in [3.63, 3.8) is 0 Å². The summed E-state index contributed by atoms with van der Waals surface area (Å²) in [6, 6.07) is 14.4. The lowest BCUT2D eigenvalue weighted by Gasteiger charge is -2.67. The molecule has 5 heteroatoms. The van der Waals surface area contributed by atoms with Crippen LogP contribution in [0.4, 0.5) is 0 Å². The first-order valence-electron chi connectivity index (χ1n) is 20.7. The van der Waals surface area contributed by atoms with Crippen LogP contribution in [-0.2, 0) is 21.8 Å². The Kier molecular flexibility index (Phi) is 9.12. The summed E-state index contributed by atoms with van der Waals surface area (Å²) in [5.41, 5.74) is 4.91. The van der Waals surface area contributed by atoms with Gasteiger partial charge in [0.05, 0.1) is 28.9 Å². The molecule has 2 aromatic rings. The average Bonchev–Trinajstić information content (AvgIpc) is 3.00. The standard InChI is InChI=1S/C46H68NO2PS/c1-42(2,3)37-21-35(22-38(41(37)49-10)43(4,5)6)40(47-51(48)44(7,8)9)36-13-11-12-14-39(36)50(45-23-29-15-30(24-45)17-31(16-29)25-45)46-26-32-18-33(27-46)20-34(19-32)28-46/h11-14,21-22,29-34,40,47H,15-20,23-28H2,1-10H3/t29?,30?,31?,32?,33?,34?,40-,45?,46?,50?,51-/m1/s1. The number of benzene rings is 2. The van der Waals surface area contributed by atoms with E-state index in [9.17, 15) is 4.21 Å². The largest absolute Gasteiger partial charge is 0.496 e. The summed E-state index contributed by atoms with van der Waals surface area (Å²) in [5, 5.41) is 2.60. The molecule has 0 radical (unpaired) electrons. The molecule has 10 rings (SSSR count). The molecule has 2 aromatic carbocycles. The summed E-state index contributed by atoms with van der Waals surface area (Å²) >= 11 is 0. The maximum atomic E-state index is 14.4. The van der Waals surface area contributed by atoms with Gasteiger partial charge in [0, 0.05) is 11.1 Å². The number of hydrogen-bond acceptors (Lipinski definition) is 2. The van der Waals surface area contributed by atoms with E-state index >= 15 is 0 Å². The van der Waals surface area contributed by atoms with Gasteiger partial charge in [0.2, 0.25) is 0 Å². The van der Waals surface area contributed by atoms with Crippen molar-refractivity contribution in [2.75, 3.05) is 7.11 Å². The Labute approximate surface area is 315 Å². The van der Waals surface area contributed by atoms with Crippen molar-refractivity contribution in [3.05, 3.63) is 58.7 Å². The normalized spacial score (nSPS) is 36.0. The molecule has 8 fully saturated rings. The van der Waals surface area contributed by atoms with Crippen molar-refractivity contribution in [1.82, 2.24) is 4.72 Å². The number of methoxy groups -OCH3 is 1. The molecular weight excluding hydrogens is 662 g/mol. The van der Waals surface area contributed by atoms with Crippen LogP contribution in [0.1, 0.15) is 168 Å². The van der Waals surface area contributed by atoms with E-state index in [0.717, 1.165) is 41.3 Å². The lowest BCUT2D eigenvalue weighted by atomic mass is 9.55. The van der Waals surface area contributed by atoms with Crippen LogP contribution >= 0.6 is 7.92 Å². The van der Waals surface area contributed by atoms with Crippen molar-refractivity contribution in [2.24, 2.45) is 35.5 Å². The van der Waals surface area contributed by atoms with Crippen LogP contribution in [0.15, 0.2) is 36.4 Å². The number of ether oxygens (including phenoxy) is 1. The van der Waals surface area contributed by atoms with Crippen LogP contribution in [-0.4, -0.2) is 26.4 Å². The lowest BCUT2D eigenvalue weighted by Crippen LogP contribution is -2.58. The minimum absolute atomic E-state index is 0.111. The zero-order valence-corrected chi connectivity index (χ0v) is 35.4. The summed E-state index contributed by atoms with van der Waals surface area (Å²) in [6.07, 6.45) is 17.8. The minimum atomic E-state index is -1.25. The van der Waals surface area contributed by atoms with Gasteiger partial charge in [-0.15, -0.1) is 0 Å². The highest BCUT2D eigenvalue weighted by Crippen LogP contribution is 2.78. The zero-order valence-electron chi connectivity index (χ0n) is 33.7. The molecule has 280 valence electrons. The molecule has 51 heavy (non-hydrogen) atoms. The predicted molar refractivity (Wildman–Crippen MR) is 218 cm³/mol. The van der Waals surface area contributed by atoms with Gasteiger partial charge >= 0.3 is 0 Å². The smallest absolute Gasteiger partial charge is 0.126 e. The highest BCUT2D eigenvalue weighted by molar-refractivity contribution is 7.84. The Morgan fingerprint density at radius 3 is 1.43 bits per heavy atom. The molecule has 0 unspecified atom stereocenters. The van der Waals surface area contributed by atoms with Crippen LogP contribution in [0.5, 0.6) is 5.75 Å². The quantitative estimate of drug-likeness (QED) is 0.275. The van der Waals surface area contributed by atoms with E-state index in [2.05, 4.69) is 103 Å². The van der Waals surface area contributed by atoms with Gasteiger partial charge in [-0.25, -0.2) is 8.93 Å². The van der Waals surface area contributed by atoms with E-state index in [1.54, 1.807) is 5.30 Å². The second kappa shape index (κ2) is 12.7. The second-order valence-electron chi connectivity index (χ2n) is 21.8. The van der Waals surface area contributed by atoms with Crippen molar-refractivity contribution >= 4 is 24.2 Å². The van der Waals surface area contributed by atoms with Crippen molar-refractivity contribution in [3.8, 4) is 5.75 Å². The monoisotopic (exact) mass is 729 g/mol. The van der Waals surface area contributed by atoms with Crippen LogP contribution in [0.3, 0.4) is 0 Å². The maximum absolute atomic E-state index is 14.4. The van der Waals surface area contributed by atoms with Gasteiger partial charge in [-0.2, -0.15) is 0 Å². The van der Waals surface area contributed by atoms with E-state index < -0.39 is 18.9 Å². The van der Waals surface area contributed by atoms with E-state index in [1.807, 2.05) is 7.11 Å². The van der Waals surface area contributed by atoms with Crippen LogP contribution < -0.4 is 14.8 Å². The van der Waals surface area contributed by atoms with Gasteiger partial charge in [0.1, 0.15) is 5.75 Å². The minimum Gasteiger partial charge on any atom is -0.496 e. The molecular formula is C46H68NO2PS. The van der Waals surface area contributed by atoms with Gasteiger partial charge < -0.3 is 4.74 Å². The molecule has 0 saturated heterocycles. The third-order valence-corrected chi connectivity index (χ3v) is 19.9. The first-order valence-corrected chi connectivity index (χ1v) is 23.2. The lowest BCUT2D eigenvalue weighted by molar-refractivity contribution is 0.0195. The summed E-state index contributed by atoms with van der Waals surface area (Å²) in [4.78, 5) is 0. The van der Waals surface area contributed by atoms with Gasteiger partial charge in [0.15, 0.2) is 0 Å². The first-order chi connectivity index (χ1) is 23.9. The van der Waals surface area contributed by atoms with E-state index in [4.69, 9.17) is 4.74 Å². The van der Waals surface area contributed by atoms with E-state index in [-0.39, 0.29) is 21.6 Å². The molecule has 8 aliphatic carbocycles. The van der Waals surface area contributed by atoms with Gasteiger partial charge in [-0.05, 0) is 183 Å². The first kappa shape index (κ1) is 36.7. The highest BCUT2D eigenvalue weighted by atomic mass is 32.2. The average molecular weight is 730 g/mol. The molecule has 0 spiro atoms. The molecule has 8 saturated carbocycles. The predicted octanol–water partition coefficient (Wildman–Crippen LogP) is 11.5. The molecule has 8 bridgehead atoms. The zero-order chi connectivity index (χ0) is 36.3. The highest BCUT2D eigenvalue weighted by Gasteiger charge is 2.63. The summed E-state index contributed by atoms with van der Waals surface area (Å²) in [7, 11) is 0.156. The summed E-state index contributed by atoms with van der Waals surface area (Å²) in [6.45, 7) is 20.2. The van der Waals surface area contributed by atoms with E-state index in [1.165, 1.54) is 99.3 Å². The summed E-state index contributed by atoms with van der Waals surface area (Å²) < 4.78 is 24.2. The third kappa shape index (κ3) is 6.54. The van der Waals surface area contributed by atoms with Gasteiger partial charge in [-0.3, -0.25) is 0 Å². The molecule has 0 aromatic heterocycles. The van der Waals surface area contributed by atoms with Crippen LogP contribution in [0.25, 0.3) is 0 Å².